The molecule has 8 nitrogen and oxygen atoms in total. The monoisotopic (exact) mass is 538 g/mol. The molecule has 0 spiro atoms. The molecular weight excluding hydrogens is 515 g/mol. The molecule has 0 aliphatic heterocycles. The Balaban J connectivity index is 0.000000253. The Hall–Kier alpha value is -4.75. The van der Waals surface area contributed by atoms with Crippen LogP contribution in [0.5, 0.6) is 0 Å². The zero-order valence-electron chi connectivity index (χ0n) is 19.4. The molecule has 0 aliphatic carbocycles. The second-order valence-corrected chi connectivity index (χ2v) is 7.26. The molecular formula is C28H24N4NiO4. The standard InChI is InChI=1S/2C14H12N2O2.Ni/c2*17-15-13(11-7-3-1-4-8-11)14(16-18)12-9-5-2-6-10-12;/h2*1-10,17-18H;. The van der Waals surface area contributed by atoms with Crippen molar-refractivity contribution in [2.45, 2.75) is 0 Å². The summed E-state index contributed by atoms with van der Waals surface area (Å²) in [5.74, 6) is 0. The summed E-state index contributed by atoms with van der Waals surface area (Å²) in [5, 5.41) is 49.5. The van der Waals surface area contributed by atoms with Crippen LogP contribution in [0.2, 0.25) is 0 Å². The normalized spacial score (nSPS) is 12.1. The van der Waals surface area contributed by atoms with Crippen molar-refractivity contribution in [1.82, 2.24) is 0 Å². The van der Waals surface area contributed by atoms with Crippen molar-refractivity contribution in [3.8, 4) is 0 Å². The first kappa shape index (κ1) is 28.5. The molecule has 37 heavy (non-hydrogen) atoms. The van der Waals surface area contributed by atoms with E-state index < -0.39 is 0 Å². The SMILES string of the molecule is ON=C(C(=NO)c1ccccc1)c1ccccc1.ON=C(C(=NO)c1ccccc1)c1ccccc1.[Ni]. The van der Waals surface area contributed by atoms with Crippen LogP contribution in [0, 0.1) is 0 Å². The van der Waals surface area contributed by atoms with Gasteiger partial charge >= 0.3 is 0 Å². The van der Waals surface area contributed by atoms with Gasteiger partial charge in [0.15, 0.2) is 0 Å². The van der Waals surface area contributed by atoms with Crippen molar-refractivity contribution < 1.29 is 37.3 Å². The largest absolute Gasteiger partial charge is 0.410 e. The van der Waals surface area contributed by atoms with Gasteiger partial charge < -0.3 is 20.8 Å². The zero-order chi connectivity index (χ0) is 25.6. The van der Waals surface area contributed by atoms with Gasteiger partial charge in [-0.3, -0.25) is 0 Å². The molecule has 0 heterocycles. The van der Waals surface area contributed by atoms with Gasteiger partial charge in [-0.2, -0.15) is 0 Å². The minimum Gasteiger partial charge on any atom is -0.410 e. The van der Waals surface area contributed by atoms with Crippen LogP contribution in [0.25, 0.3) is 0 Å². The minimum atomic E-state index is 0. The quantitative estimate of drug-likeness (QED) is 0.112. The number of oxime groups is 4. The van der Waals surface area contributed by atoms with E-state index in [-0.39, 0.29) is 39.3 Å². The van der Waals surface area contributed by atoms with Crippen LogP contribution in [0.15, 0.2) is 142 Å². The number of hydrogen-bond donors (Lipinski definition) is 4. The molecule has 0 saturated heterocycles. The first-order valence-electron chi connectivity index (χ1n) is 10.8. The molecule has 9 heteroatoms. The van der Waals surface area contributed by atoms with Crippen molar-refractivity contribution in [2.24, 2.45) is 20.6 Å². The van der Waals surface area contributed by atoms with Crippen molar-refractivity contribution in [3.05, 3.63) is 144 Å². The molecule has 4 rings (SSSR count). The summed E-state index contributed by atoms with van der Waals surface area (Å²) < 4.78 is 0. The summed E-state index contributed by atoms with van der Waals surface area (Å²) in [5.41, 5.74) is 3.61. The van der Waals surface area contributed by atoms with E-state index in [0.29, 0.717) is 22.3 Å². The van der Waals surface area contributed by atoms with Crippen molar-refractivity contribution in [3.63, 3.8) is 0 Å². The molecule has 4 aromatic carbocycles. The van der Waals surface area contributed by atoms with Crippen molar-refractivity contribution >= 4 is 22.8 Å². The summed E-state index contributed by atoms with van der Waals surface area (Å²) in [6.07, 6.45) is 0. The van der Waals surface area contributed by atoms with Gasteiger partial charge in [-0.25, -0.2) is 0 Å². The van der Waals surface area contributed by atoms with Gasteiger partial charge in [-0.1, -0.05) is 142 Å². The number of hydrogen-bond acceptors (Lipinski definition) is 8. The number of nitrogens with zero attached hydrogens (tertiary/aromatic N) is 4. The van der Waals surface area contributed by atoms with Gasteiger partial charge in [-0.05, 0) is 0 Å². The zero-order valence-corrected chi connectivity index (χ0v) is 20.4. The molecule has 0 radical (unpaired) electrons. The van der Waals surface area contributed by atoms with Gasteiger partial charge in [0.2, 0.25) is 0 Å². The predicted molar refractivity (Wildman–Crippen MR) is 139 cm³/mol. The fourth-order valence-electron chi connectivity index (χ4n) is 3.35. The molecule has 4 aromatic rings. The van der Waals surface area contributed by atoms with E-state index in [0.717, 1.165) is 0 Å². The third-order valence-corrected chi connectivity index (χ3v) is 5.04. The van der Waals surface area contributed by atoms with E-state index in [1.807, 2.05) is 72.8 Å². The molecule has 0 bridgehead atoms. The van der Waals surface area contributed by atoms with Crippen LogP contribution in [0.3, 0.4) is 0 Å². The second-order valence-electron chi connectivity index (χ2n) is 7.26. The van der Waals surface area contributed by atoms with Crippen LogP contribution in [-0.2, 0) is 16.5 Å². The number of rotatable bonds is 6. The van der Waals surface area contributed by atoms with Crippen molar-refractivity contribution in [1.29, 1.82) is 0 Å². The van der Waals surface area contributed by atoms with E-state index in [1.54, 1.807) is 48.5 Å². The Labute approximate surface area is 224 Å². The van der Waals surface area contributed by atoms with Gasteiger partial charge in [0.05, 0.1) is 0 Å². The van der Waals surface area contributed by atoms with Crippen LogP contribution >= 0.6 is 0 Å². The average molecular weight is 539 g/mol. The van der Waals surface area contributed by atoms with Gasteiger partial charge in [0.25, 0.3) is 0 Å². The third kappa shape index (κ3) is 7.62. The first-order chi connectivity index (χ1) is 17.7. The molecule has 190 valence electrons. The summed E-state index contributed by atoms with van der Waals surface area (Å²) in [6.45, 7) is 0. The molecule has 0 fully saturated rings. The van der Waals surface area contributed by atoms with E-state index in [9.17, 15) is 0 Å². The second kappa shape index (κ2) is 15.3. The Kier molecular flexibility index (Phi) is 11.8. The van der Waals surface area contributed by atoms with Gasteiger partial charge in [0, 0.05) is 38.7 Å². The molecule has 4 N–H and O–H groups in total. The Bertz CT molecular complexity index is 1130. The summed E-state index contributed by atoms with van der Waals surface area (Å²) in [7, 11) is 0. The fourth-order valence-corrected chi connectivity index (χ4v) is 3.35. The molecule has 0 amide bonds. The molecule has 0 aliphatic rings. The maximum Gasteiger partial charge on any atom is 0.139 e. The molecule has 0 aromatic heterocycles. The average Bonchev–Trinajstić information content (AvgIpc) is 2.96. The molecule has 0 saturated carbocycles. The predicted octanol–water partition coefficient (Wildman–Crippen LogP) is 5.48. The van der Waals surface area contributed by atoms with E-state index in [4.69, 9.17) is 20.8 Å². The smallest absolute Gasteiger partial charge is 0.139 e. The minimum absolute atomic E-state index is 0. The Morgan fingerprint density at radius 2 is 0.486 bits per heavy atom. The van der Waals surface area contributed by atoms with E-state index in [2.05, 4.69) is 20.6 Å². The van der Waals surface area contributed by atoms with Crippen LogP contribution < -0.4 is 0 Å². The molecule has 0 atom stereocenters. The maximum absolute atomic E-state index is 9.14. The summed E-state index contributed by atoms with van der Waals surface area (Å²) in [6, 6.07) is 36.2. The van der Waals surface area contributed by atoms with Gasteiger partial charge in [0.1, 0.15) is 22.8 Å². The van der Waals surface area contributed by atoms with Crippen LogP contribution in [0.1, 0.15) is 22.3 Å². The van der Waals surface area contributed by atoms with Crippen LogP contribution in [0.4, 0.5) is 0 Å². The first-order valence-corrected chi connectivity index (χ1v) is 10.8. The Morgan fingerprint density at radius 1 is 0.324 bits per heavy atom. The van der Waals surface area contributed by atoms with Crippen LogP contribution in [-0.4, -0.2) is 43.7 Å². The number of benzene rings is 4. The van der Waals surface area contributed by atoms with E-state index in [1.165, 1.54) is 0 Å². The maximum atomic E-state index is 9.14. The summed E-state index contributed by atoms with van der Waals surface area (Å²) in [4.78, 5) is 0. The third-order valence-electron chi connectivity index (χ3n) is 5.04. The fraction of sp³-hybridized carbons (Fsp3) is 0. The Morgan fingerprint density at radius 3 is 0.622 bits per heavy atom. The molecule has 0 unspecified atom stereocenters. The van der Waals surface area contributed by atoms with Gasteiger partial charge in [-0.15, -0.1) is 0 Å². The van der Waals surface area contributed by atoms with E-state index >= 15 is 0 Å². The van der Waals surface area contributed by atoms with Crippen molar-refractivity contribution in [2.75, 3.05) is 0 Å². The summed E-state index contributed by atoms with van der Waals surface area (Å²) >= 11 is 0. The topological polar surface area (TPSA) is 130 Å².